The minimum Gasteiger partial charge on any atom is -0.367 e. The van der Waals surface area contributed by atoms with Crippen LogP contribution in [-0.4, -0.2) is 22.6 Å². The molecule has 1 saturated carbocycles. The third kappa shape index (κ3) is 3.57. The first-order chi connectivity index (χ1) is 10.1. The van der Waals surface area contributed by atoms with Crippen LogP contribution in [0.4, 0.5) is 5.69 Å². The van der Waals surface area contributed by atoms with Crippen molar-refractivity contribution in [3.8, 4) is 0 Å². The number of benzene rings is 1. The van der Waals surface area contributed by atoms with Gasteiger partial charge in [-0.2, -0.15) is 0 Å². The Hall–Kier alpha value is -1.52. The van der Waals surface area contributed by atoms with Gasteiger partial charge >= 0.3 is 0 Å². The molecule has 0 atom stereocenters. The van der Waals surface area contributed by atoms with Crippen LogP contribution in [0, 0.1) is 0 Å². The summed E-state index contributed by atoms with van der Waals surface area (Å²) in [5, 5.41) is 4.34. The third-order valence-electron chi connectivity index (χ3n) is 3.92. The molecule has 0 radical (unpaired) electrons. The fourth-order valence-corrected chi connectivity index (χ4v) is 2.60. The quantitative estimate of drug-likeness (QED) is 0.891. The topological polar surface area (TPSA) is 33.1 Å². The van der Waals surface area contributed by atoms with Crippen molar-refractivity contribution in [1.29, 1.82) is 0 Å². The molecule has 0 unspecified atom stereocenters. The van der Waals surface area contributed by atoms with Crippen molar-refractivity contribution < 1.29 is 0 Å². The first-order valence-corrected chi connectivity index (χ1v) is 7.70. The Bertz CT molecular complexity index is 618. The number of hydrogen-bond acceptors (Lipinski definition) is 3. The molecule has 0 spiro atoms. The molecule has 2 aromatic rings. The highest BCUT2D eigenvalue weighted by Gasteiger charge is 2.21. The number of aromatic nitrogens is 2. The van der Waals surface area contributed by atoms with E-state index in [0.717, 1.165) is 23.9 Å². The molecule has 0 aliphatic heterocycles. The summed E-state index contributed by atoms with van der Waals surface area (Å²) in [6.45, 7) is 1.66. The lowest BCUT2D eigenvalue weighted by atomic mass is 10.1. The molecule has 112 valence electrons. The maximum Gasteiger partial charge on any atom is 0.127 e. The predicted molar refractivity (Wildman–Crippen MR) is 86.6 cm³/mol. The molecule has 4 nitrogen and oxygen atoms in total. The lowest BCUT2D eigenvalue weighted by molar-refractivity contribution is 0.683. The number of rotatable bonds is 6. The van der Waals surface area contributed by atoms with E-state index >= 15 is 0 Å². The van der Waals surface area contributed by atoms with Crippen molar-refractivity contribution in [1.82, 2.24) is 14.9 Å². The van der Waals surface area contributed by atoms with Crippen molar-refractivity contribution in [2.24, 2.45) is 7.05 Å². The summed E-state index contributed by atoms with van der Waals surface area (Å²) in [4.78, 5) is 6.60. The summed E-state index contributed by atoms with van der Waals surface area (Å²) < 4.78 is 2.04. The fourth-order valence-electron chi connectivity index (χ4n) is 2.43. The molecule has 0 bridgehead atoms. The SMILES string of the molecule is CN(Cc1nccn1C)c1cc(Cl)ccc1CNC1CC1. The normalized spacial score (nSPS) is 14.4. The summed E-state index contributed by atoms with van der Waals surface area (Å²) in [5.41, 5.74) is 2.45. The van der Waals surface area contributed by atoms with Gasteiger partial charge in [-0.15, -0.1) is 0 Å². The van der Waals surface area contributed by atoms with Gasteiger partial charge in [0.2, 0.25) is 0 Å². The van der Waals surface area contributed by atoms with Gasteiger partial charge in [-0.1, -0.05) is 17.7 Å². The zero-order valence-electron chi connectivity index (χ0n) is 12.5. The Balaban J connectivity index is 1.77. The summed E-state index contributed by atoms with van der Waals surface area (Å²) in [6.07, 6.45) is 6.39. The molecule has 21 heavy (non-hydrogen) atoms. The minimum atomic E-state index is 0.702. The maximum absolute atomic E-state index is 6.18. The molecular formula is C16H21ClN4. The van der Waals surface area contributed by atoms with Crippen LogP contribution in [0.15, 0.2) is 30.6 Å². The van der Waals surface area contributed by atoms with Crippen LogP contribution in [-0.2, 0) is 20.1 Å². The van der Waals surface area contributed by atoms with E-state index in [2.05, 4.69) is 28.3 Å². The molecule has 1 aliphatic rings. The van der Waals surface area contributed by atoms with Gasteiger partial charge in [0.15, 0.2) is 0 Å². The highest BCUT2D eigenvalue weighted by Crippen LogP contribution is 2.27. The van der Waals surface area contributed by atoms with E-state index in [1.807, 2.05) is 36.1 Å². The second kappa shape index (κ2) is 6.08. The summed E-state index contributed by atoms with van der Waals surface area (Å²) in [5.74, 6) is 1.04. The Morgan fingerprint density at radius 3 is 2.90 bits per heavy atom. The van der Waals surface area contributed by atoms with E-state index in [1.54, 1.807) is 0 Å². The van der Waals surface area contributed by atoms with Crippen molar-refractivity contribution in [3.05, 3.63) is 47.0 Å². The van der Waals surface area contributed by atoms with Crippen LogP contribution in [0.3, 0.4) is 0 Å². The molecule has 5 heteroatoms. The smallest absolute Gasteiger partial charge is 0.127 e. The molecule has 1 aromatic heterocycles. The standard InChI is InChI=1S/C16H21ClN4/c1-20-8-7-18-16(20)11-21(2)15-9-13(17)4-3-12(15)10-19-14-5-6-14/h3-4,7-9,14,19H,5-6,10-11H2,1-2H3. The van der Waals surface area contributed by atoms with Gasteiger partial charge in [0, 0.05) is 49.8 Å². The van der Waals surface area contributed by atoms with Crippen LogP contribution in [0.1, 0.15) is 24.2 Å². The Kier molecular flexibility index (Phi) is 4.17. The van der Waals surface area contributed by atoms with Crippen LogP contribution in [0.5, 0.6) is 0 Å². The van der Waals surface area contributed by atoms with Crippen molar-refractivity contribution >= 4 is 17.3 Å². The Labute approximate surface area is 130 Å². The molecule has 1 aliphatic carbocycles. The van der Waals surface area contributed by atoms with E-state index < -0.39 is 0 Å². The molecule has 3 rings (SSSR count). The lowest BCUT2D eigenvalue weighted by Gasteiger charge is -2.23. The van der Waals surface area contributed by atoms with Crippen LogP contribution in [0.2, 0.25) is 5.02 Å². The molecule has 1 aromatic carbocycles. The number of nitrogens with zero attached hydrogens (tertiary/aromatic N) is 3. The summed E-state index contributed by atoms with van der Waals surface area (Å²) in [6, 6.07) is 6.81. The first-order valence-electron chi connectivity index (χ1n) is 7.32. The van der Waals surface area contributed by atoms with E-state index in [9.17, 15) is 0 Å². The number of anilines is 1. The van der Waals surface area contributed by atoms with Gasteiger partial charge in [0.1, 0.15) is 5.82 Å². The number of imidazole rings is 1. The average molecular weight is 305 g/mol. The second-order valence-electron chi connectivity index (χ2n) is 5.74. The maximum atomic E-state index is 6.18. The summed E-state index contributed by atoms with van der Waals surface area (Å²) in [7, 11) is 4.10. The number of hydrogen-bond donors (Lipinski definition) is 1. The van der Waals surface area contributed by atoms with Crippen molar-refractivity contribution in [3.63, 3.8) is 0 Å². The van der Waals surface area contributed by atoms with Gasteiger partial charge in [-0.05, 0) is 30.5 Å². The number of halogens is 1. The zero-order valence-corrected chi connectivity index (χ0v) is 13.3. The van der Waals surface area contributed by atoms with E-state index in [4.69, 9.17) is 11.6 Å². The van der Waals surface area contributed by atoms with Gasteiger partial charge in [-0.3, -0.25) is 0 Å². The van der Waals surface area contributed by atoms with Gasteiger partial charge in [0.05, 0.1) is 6.54 Å². The third-order valence-corrected chi connectivity index (χ3v) is 4.15. The number of aryl methyl sites for hydroxylation is 1. The highest BCUT2D eigenvalue weighted by molar-refractivity contribution is 6.30. The Morgan fingerprint density at radius 2 is 2.24 bits per heavy atom. The van der Waals surface area contributed by atoms with Crippen LogP contribution in [0.25, 0.3) is 0 Å². The molecular weight excluding hydrogens is 284 g/mol. The fraction of sp³-hybridized carbons (Fsp3) is 0.438. The lowest BCUT2D eigenvalue weighted by Crippen LogP contribution is -2.23. The van der Waals surface area contributed by atoms with Gasteiger partial charge in [0.25, 0.3) is 0 Å². The largest absolute Gasteiger partial charge is 0.367 e. The Morgan fingerprint density at radius 1 is 1.43 bits per heavy atom. The number of nitrogens with one attached hydrogen (secondary N) is 1. The van der Waals surface area contributed by atoms with E-state index in [1.165, 1.54) is 24.1 Å². The van der Waals surface area contributed by atoms with Crippen molar-refractivity contribution in [2.75, 3.05) is 11.9 Å². The molecule has 1 fully saturated rings. The minimum absolute atomic E-state index is 0.702. The predicted octanol–water partition coefficient (Wildman–Crippen LogP) is 2.96. The molecule has 1 heterocycles. The second-order valence-corrected chi connectivity index (χ2v) is 6.18. The first kappa shape index (κ1) is 14.4. The molecule has 1 N–H and O–H groups in total. The van der Waals surface area contributed by atoms with E-state index in [-0.39, 0.29) is 0 Å². The summed E-state index contributed by atoms with van der Waals surface area (Å²) >= 11 is 6.18. The zero-order chi connectivity index (χ0) is 14.8. The van der Waals surface area contributed by atoms with E-state index in [0.29, 0.717) is 6.04 Å². The molecule has 0 amide bonds. The highest BCUT2D eigenvalue weighted by atomic mass is 35.5. The molecule has 0 saturated heterocycles. The van der Waals surface area contributed by atoms with Gasteiger partial charge in [-0.25, -0.2) is 4.98 Å². The van der Waals surface area contributed by atoms with Crippen molar-refractivity contribution in [2.45, 2.75) is 32.0 Å². The monoisotopic (exact) mass is 304 g/mol. The van der Waals surface area contributed by atoms with Crippen LogP contribution >= 0.6 is 11.6 Å². The van der Waals surface area contributed by atoms with Gasteiger partial charge < -0.3 is 14.8 Å². The average Bonchev–Trinajstić information content (AvgIpc) is 3.21. The van der Waals surface area contributed by atoms with Crippen LogP contribution < -0.4 is 10.2 Å².